The number of benzene rings is 3. The van der Waals surface area contributed by atoms with Crippen LogP contribution in [0.1, 0.15) is 5.56 Å². The molecule has 0 N–H and O–H groups in total. The van der Waals surface area contributed by atoms with Crippen LogP contribution in [0.2, 0.25) is 0 Å². The first-order valence-electron chi connectivity index (χ1n) is 9.13. The van der Waals surface area contributed by atoms with Crippen LogP contribution in [0.4, 0.5) is 4.39 Å². The Kier molecular flexibility index (Phi) is 4.77. The summed E-state index contributed by atoms with van der Waals surface area (Å²) in [4.78, 5) is 0. The van der Waals surface area contributed by atoms with E-state index >= 15 is 0 Å². The third kappa shape index (κ3) is 3.21. The molecule has 0 spiro atoms. The molecule has 1 aromatic heterocycles. The number of hydrogen-bond donors (Lipinski definition) is 0. The fraction of sp³-hybridized carbons (Fsp3) is 0. The predicted molar refractivity (Wildman–Crippen MR) is 117 cm³/mol. The van der Waals surface area contributed by atoms with Crippen LogP contribution in [-0.4, -0.2) is 4.57 Å². The second-order valence-corrected chi connectivity index (χ2v) is 6.55. The van der Waals surface area contributed by atoms with Crippen molar-refractivity contribution >= 4 is 29.1 Å². The van der Waals surface area contributed by atoms with Gasteiger partial charge in [0.05, 0.1) is 5.52 Å². The molecule has 1 heterocycles. The van der Waals surface area contributed by atoms with Crippen LogP contribution >= 0.6 is 0 Å². The van der Waals surface area contributed by atoms with Crippen molar-refractivity contribution in [3.63, 3.8) is 0 Å². The van der Waals surface area contributed by atoms with Crippen molar-refractivity contribution in [3.8, 4) is 5.69 Å². The van der Waals surface area contributed by atoms with Crippen LogP contribution in [-0.2, 0) is 0 Å². The lowest BCUT2D eigenvalue weighted by Gasteiger charge is -2.05. The van der Waals surface area contributed by atoms with E-state index in [-0.39, 0.29) is 5.82 Å². The summed E-state index contributed by atoms with van der Waals surface area (Å²) in [6.07, 6.45) is 5.74. The van der Waals surface area contributed by atoms with Gasteiger partial charge in [-0.05, 0) is 41.5 Å². The van der Waals surface area contributed by atoms with Gasteiger partial charge in [-0.2, -0.15) is 0 Å². The summed E-state index contributed by atoms with van der Waals surface area (Å²) in [6.45, 7) is 8.23. The molecule has 0 bridgehead atoms. The van der Waals surface area contributed by atoms with E-state index in [9.17, 15) is 4.39 Å². The van der Waals surface area contributed by atoms with Gasteiger partial charge in [0.1, 0.15) is 5.82 Å². The first-order chi connectivity index (χ1) is 13.7. The van der Waals surface area contributed by atoms with Gasteiger partial charge in [-0.3, -0.25) is 0 Å². The number of aromatic nitrogens is 1. The molecule has 0 fully saturated rings. The van der Waals surface area contributed by atoms with Gasteiger partial charge in [0.25, 0.3) is 0 Å². The molecule has 4 rings (SSSR count). The minimum Gasteiger partial charge on any atom is -0.310 e. The summed E-state index contributed by atoms with van der Waals surface area (Å²) in [6, 6.07) is 25.0. The second-order valence-electron chi connectivity index (χ2n) is 6.55. The molecule has 0 amide bonds. The molecule has 28 heavy (non-hydrogen) atoms. The molecular formula is C26H20FN. The fourth-order valence-electron chi connectivity index (χ4n) is 3.50. The maximum absolute atomic E-state index is 13.6. The highest BCUT2D eigenvalue weighted by Gasteiger charge is 2.07. The van der Waals surface area contributed by atoms with E-state index in [2.05, 4.69) is 42.0 Å². The molecule has 0 saturated heterocycles. The number of nitrogens with zero attached hydrogens (tertiary/aromatic N) is 1. The third-order valence-electron chi connectivity index (χ3n) is 4.84. The molecule has 0 aliphatic rings. The van der Waals surface area contributed by atoms with E-state index in [4.69, 9.17) is 0 Å². The summed E-state index contributed by atoms with van der Waals surface area (Å²) in [5, 5.41) is 3.07. The highest BCUT2D eigenvalue weighted by molar-refractivity contribution is 5.86. The van der Waals surface area contributed by atoms with Crippen molar-refractivity contribution in [1.82, 2.24) is 4.57 Å². The highest BCUT2D eigenvalue weighted by Crippen LogP contribution is 2.17. The van der Waals surface area contributed by atoms with Crippen molar-refractivity contribution in [2.75, 3.05) is 0 Å². The zero-order valence-electron chi connectivity index (χ0n) is 15.5. The zero-order valence-corrected chi connectivity index (χ0v) is 15.5. The van der Waals surface area contributed by atoms with Gasteiger partial charge in [-0.15, -0.1) is 0 Å². The molecule has 0 saturated carbocycles. The van der Waals surface area contributed by atoms with Gasteiger partial charge in [0.15, 0.2) is 0 Å². The van der Waals surface area contributed by atoms with E-state index in [1.807, 2.05) is 48.6 Å². The van der Waals surface area contributed by atoms with Crippen LogP contribution < -0.4 is 10.6 Å². The molecule has 3 aromatic carbocycles. The summed E-state index contributed by atoms with van der Waals surface area (Å²) in [7, 11) is 0. The fourth-order valence-corrected chi connectivity index (χ4v) is 3.50. The lowest BCUT2D eigenvalue weighted by Crippen LogP contribution is -2.26. The molecule has 0 radical (unpaired) electrons. The topological polar surface area (TPSA) is 4.93 Å². The Hall–Kier alpha value is -3.65. The van der Waals surface area contributed by atoms with Gasteiger partial charge in [-0.25, -0.2) is 4.39 Å². The number of para-hydroxylation sites is 2. The Morgan fingerprint density at radius 2 is 1.64 bits per heavy atom. The minimum absolute atomic E-state index is 0.260. The van der Waals surface area contributed by atoms with Crippen molar-refractivity contribution < 1.29 is 4.39 Å². The Morgan fingerprint density at radius 3 is 2.39 bits per heavy atom. The minimum atomic E-state index is -0.260. The van der Waals surface area contributed by atoms with Crippen molar-refractivity contribution in [2.45, 2.75) is 0 Å². The van der Waals surface area contributed by atoms with Crippen molar-refractivity contribution in [3.05, 3.63) is 120 Å². The lowest BCUT2D eigenvalue weighted by atomic mass is 10.1. The van der Waals surface area contributed by atoms with E-state index in [0.717, 1.165) is 38.3 Å². The molecule has 2 heteroatoms. The Labute approximate surface area is 163 Å². The zero-order chi connectivity index (χ0) is 19.5. The van der Waals surface area contributed by atoms with Gasteiger partial charge >= 0.3 is 0 Å². The summed E-state index contributed by atoms with van der Waals surface area (Å²) in [5.74, 6) is -0.260. The molecule has 0 atom stereocenters. The molecule has 4 aromatic rings. The van der Waals surface area contributed by atoms with E-state index < -0.39 is 0 Å². The summed E-state index contributed by atoms with van der Waals surface area (Å²) in [5.41, 5.74) is 3.82. The maximum atomic E-state index is 13.6. The average Bonchev–Trinajstić information content (AvgIpc) is 3.01. The third-order valence-corrected chi connectivity index (χ3v) is 4.84. The average molecular weight is 365 g/mol. The van der Waals surface area contributed by atoms with E-state index in [1.165, 1.54) is 12.1 Å². The molecule has 0 unspecified atom stereocenters. The number of rotatable bonds is 4. The monoisotopic (exact) mass is 365 g/mol. The quantitative estimate of drug-likeness (QED) is 0.437. The number of allylic oxidation sites excluding steroid dienone is 3. The largest absolute Gasteiger partial charge is 0.310 e. The number of hydrogen-bond acceptors (Lipinski definition) is 0. The number of halogens is 1. The van der Waals surface area contributed by atoms with Crippen LogP contribution in [0, 0.1) is 5.82 Å². The second kappa shape index (κ2) is 7.53. The maximum Gasteiger partial charge on any atom is 0.123 e. The molecule has 0 aliphatic carbocycles. The van der Waals surface area contributed by atoms with Gasteiger partial charge in [0.2, 0.25) is 0 Å². The molecular weight excluding hydrogens is 345 g/mol. The van der Waals surface area contributed by atoms with Gasteiger partial charge in [0, 0.05) is 21.6 Å². The summed E-state index contributed by atoms with van der Waals surface area (Å²) >= 11 is 0. The predicted octanol–water partition coefficient (Wildman–Crippen LogP) is 5.23. The molecule has 0 aliphatic heterocycles. The first kappa shape index (κ1) is 17.7. The molecule has 1 nitrogen and oxygen atoms in total. The Balaban J connectivity index is 1.96. The van der Waals surface area contributed by atoms with Crippen LogP contribution in [0.5, 0.6) is 0 Å². The lowest BCUT2D eigenvalue weighted by molar-refractivity contribution is 0.627. The standard InChI is InChI=1S/C26H20FN/c1-3-20(21-10-9-11-22(27)18-21)16-17-24-19(2)28(23-12-5-4-6-13-23)26-15-8-7-14-25(24)26/h3-18H,1-2H2/b20-16+,24-17+. The van der Waals surface area contributed by atoms with Gasteiger partial charge < -0.3 is 4.57 Å². The van der Waals surface area contributed by atoms with Crippen molar-refractivity contribution in [2.24, 2.45) is 0 Å². The van der Waals surface area contributed by atoms with Gasteiger partial charge in [-0.1, -0.05) is 79.9 Å². The Morgan fingerprint density at radius 1 is 0.893 bits per heavy atom. The normalized spacial score (nSPS) is 12.5. The van der Waals surface area contributed by atoms with Crippen LogP contribution in [0.3, 0.4) is 0 Å². The SMILES string of the molecule is C=C/C(=C\C=c1/c(=C)n(-c2ccccc2)c2ccccc12)c1cccc(F)c1. The van der Waals surface area contributed by atoms with Crippen LogP contribution in [0.25, 0.3) is 34.8 Å². The molecule has 136 valence electrons. The highest BCUT2D eigenvalue weighted by atomic mass is 19.1. The Bertz CT molecular complexity index is 1290. The van der Waals surface area contributed by atoms with Crippen molar-refractivity contribution in [1.29, 1.82) is 0 Å². The number of fused-ring (bicyclic) bond motifs is 1. The van der Waals surface area contributed by atoms with E-state index in [0.29, 0.717) is 0 Å². The van der Waals surface area contributed by atoms with Crippen LogP contribution in [0.15, 0.2) is 97.6 Å². The smallest absolute Gasteiger partial charge is 0.123 e. The summed E-state index contributed by atoms with van der Waals surface area (Å²) < 4.78 is 15.8. The van der Waals surface area contributed by atoms with E-state index in [1.54, 1.807) is 12.1 Å². The first-order valence-corrected chi connectivity index (χ1v) is 9.13.